The third-order valence-electron chi connectivity index (χ3n) is 5.59. The van der Waals surface area contributed by atoms with E-state index < -0.39 is 27.0 Å². The van der Waals surface area contributed by atoms with E-state index >= 15 is 0 Å². The van der Waals surface area contributed by atoms with Crippen molar-refractivity contribution in [3.05, 3.63) is 109 Å². The van der Waals surface area contributed by atoms with Crippen molar-refractivity contribution in [1.29, 1.82) is 0 Å². The standard InChI is InChI=1S/C28H20F2O7S2/c1-38(29,31)36-24-14-10-22(11-15-24)34-28(35-23-12-16-25(17-13-23)37-39(30,32)33)21-9-8-20-7-6-19-4-2-3-5-26(19)27(20)18-21/h2-18,28H,1H2. The molecule has 0 amide bonds. The minimum absolute atomic E-state index is 0.00195. The van der Waals surface area contributed by atoms with Crippen LogP contribution < -0.4 is 17.8 Å². The zero-order chi connectivity index (χ0) is 27.6. The Morgan fingerprint density at radius 3 is 1.64 bits per heavy atom. The quantitative estimate of drug-likeness (QED) is 0.0850. The first-order valence-electron chi connectivity index (χ1n) is 11.4. The van der Waals surface area contributed by atoms with Gasteiger partial charge in [-0.25, -0.2) is 0 Å². The Morgan fingerprint density at radius 1 is 0.590 bits per heavy atom. The molecule has 0 saturated heterocycles. The molecular formula is C28H20F2O7S2. The summed E-state index contributed by atoms with van der Waals surface area (Å²) in [6.07, 6.45) is -1.00. The lowest BCUT2D eigenvalue weighted by Gasteiger charge is -2.22. The summed E-state index contributed by atoms with van der Waals surface area (Å²) in [6, 6.07) is 28.7. The average molecular weight is 571 g/mol. The van der Waals surface area contributed by atoms with Gasteiger partial charge in [0.15, 0.2) is 0 Å². The van der Waals surface area contributed by atoms with Crippen LogP contribution in [-0.4, -0.2) is 18.5 Å². The highest BCUT2D eigenvalue weighted by Crippen LogP contribution is 2.32. The fourth-order valence-electron chi connectivity index (χ4n) is 3.98. The zero-order valence-electron chi connectivity index (χ0n) is 20.0. The van der Waals surface area contributed by atoms with Crippen molar-refractivity contribution >= 4 is 48.1 Å². The van der Waals surface area contributed by atoms with Crippen LogP contribution in [0.25, 0.3) is 21.5 Å². The van der Waals surface area contributed by atoms with E-state index in [9.17, 15) is 20.4 Å². The van der Waals surface area contributed by atoms with Gasteiger partial charge in [-0.3, -0.25) is 0 Å². The predicted molar refractivity (Wildman–Crippen MR) is 146 cm³/mol. The molecule has 2 atom stereocenters. The molecule has 5 aromatic carbocycles. The number of rotatable bonds is 9. The lowest BCUT2D eigenvalue weighted by atomic mass is 10.00. The van der Waals surface area contributed by atoms with Gasteiger partial charge in [0.1, 0.15) is 23.0 Å². The molecule has 0 aliphatic carbocycles. The number of halogens is 2. The average Bonchev–Trinajstić information content (AvgIpc) is 2.88. The first-order valence-corrected chi connectivity index (χ1v) is 14.2. The van der Waals surface area contributed by atoms with Crippen LogP contribution >= 0.6 is 0 Å². The highest BCUT2D eigenvalue weighted by atomic mass is 32.3. The van der Waals surface area contributed by atoms with Crippen molar-refractivity contribution in [2.75, 3.05) is 0 Å². The predicted octanol–water partition coefficient (Wildman–Crippen LogP) is 6.64. The molecule has 0 N–H and O–H groups in total. The van der Waals surface area contributed by atoms with Gasteiger partial charge in [-0.15, -0.1) is 3.89 Å². The van der Waals surface area contributed by atoms with Crippen LogP contribution in [0.2, 0.25) is 0 Å². The summed E-state index contributed by atoms with van der Waals surface area (Å²) in [4.78, 5) is 0. The second-order valence-electron chi connectivity index (χ2n) is 8.38. The number of fused-ring (bicyclic) bond motifs is 3. The third-order valence-corrected chi connectivity index (χ3v) is 6.43. The molecule has 0 aromatic heterocycles. The lowest BCUT2D eigenvalue weighted by Crippen LogP contribution is -2.15. The van der Waals surface area contributed by atoms with Gasteiger partial charge in [0.05, 0.1) is 0 Å². The van der Waals surface area contributed by atoms with Gasteiger partial charge < -0.3 is 17.8 Å². The molecule has 200 valence electrons. The molecule has 0 aliphatic heterocycles. The molecule has 0 aliphatic rings. The summed E-state index contributed by atoms with van der Waals surface area (Å²) in [5.41, 5.74) is 0.648. The summed E-state index contributed by atoms with van der Waals surface area (Å²) in [5.74, 6) is 3.18. The van der Waals surface area contributed by atoms with Crippen molar-refractivity contribution in [1.82, 2.24) is 0 Å². The van der Waals surface area contributed by atoms with Gasteiger partial charge in [0, 0.05) is 11.4 Å². The van der Waals surface area contributed by atoms with E-state index in [0.717, 1.165) is 21.5 Å². The van der Waals surface area contributed by atoms with Gasteiger partial charge in [-0.1, -0.05) is 52.4 Å². The van der Waals surface area contributed by atoms with Crippen molar-refractivity contribution in [2.45, 2.75) is 6.29 Å². The minimum Gasteiger partial charge on any atom is -0.451 e. The molecule has 0 heterocycles. The molecule has 0 saturated carbocycles. The van der Waals surface area contributed by atoms with Crippen LogP contribution in [0.5, 0.6) is 23.0 Å². The fraction of sp³-hybridized carbons (Fsp3) is 0.0357. The maximum atomic E-state index is 13.3. The maximum Gasteiger partial charge on any atom is 0.488 e. The SMILES string of the molecule is C=S(=O)(F)Oc1ccc(OC(Oc2ccc(OS(=O)(=O)F)cc2)c2ccc3ccc4ccccc4c3c2)cc1. The molecule has 39 heavy (non-hydrogen) atoms. The van der Waals surface area contributed by atoms with E-state index in [-0.39, 0.29) is 17.2 Å². The topological polar surface area (TPSA) is 88.1 Å². The van der Waals surface area contributed by atoms with E-state index in [1.807, 2.05) is 54.6 Å². The Kier molecular flexibility index (Phi) is 7.02. The molecule has 0 radical (unpaired) electrons. The monoisotopic (exact) mass is 570 g/mol. The van der Waals surface area contributed by atoms with Crippen molar-refractivity contribution in [3.63, 3.8) is 0 Å². The van der Waals surface area contributed by atoms with Crippen LogP contribution in [0.15, 0.2) is 103 Å². The van der Waals surface area contributed by atoms with Gasteiger partial charge in [-0.05, 0) is 76.1 Å². The Bertz CT molecular complexity index is 1780. The van der Waals surface area contributed by atoms with E-state index in [1.165, 1.54) is 48.5 Å². The van der Waals surface area contributed by atoms with Gasteiger partial charge >= 0.3 is 10.5 Å². The number of hydrogen-bond donors (Lipinski definition) is 0. The van der Waals surface area contributed by atoms with E-state index in [2.05, 4.69) is 14.2 Å². The number of ether oxygens (including phenoxy) is 2. The summed E-state index contributed by atoms with van der Waals surface area (Å²) in [7, 11) is -9.36. The highest BCUT2D eigenvalue weighted by molar-refractivity contribution is 7.91. The Morgan fingerprint density at radius 2 is 1.08 bits per heavy atom. The van der Waals surface area contributed by atoms with Crippen LogP contribution in [0, 0.1) is 0 Å². The second-order valence-corrected chi connectivity index (χ2v) is 10.6. The first kappa shape index (κ1) is 26.3. The van der Waals surface area contributed by atoms with Crippen molar-refractivity contribution in [3.8, 4) is 23.0 Å². The maximum absolute atomic E-state index is 13.3. The molecule has 0 bridgehead atoms. The van der Waals surface area contributed by atoms with Gasteiger partial charge in [-0.2, -0.15) is 12.6 Å². The molecule has 11 heteroatoms. The Hall–Kier alpha value is -4.35. The summed E-state index contributed by atoms with van der Waals surface area (Å²) >= 11 is 0. The molecule has 0 spiro atoms. The Balaban J connectivity index is 1.50. The van der Waals surface area contributed by atoms with Crippen LogP contribution in [0.1, 0.15) is 11.9 Å². The molecule has 7 nitrogen and oxygen atoms in total. The summed E-state index contributed by atoms with van der Waals surface area (Å²) in [5, 5.41) is 4.07. The minimum atomic E-state index is -5.17. The molecule has 5 rings (SSSR count). The third kappa shape index (κ3) is 6.75. The van der Waals surface area contributed by atoms with Gasteiger partial charge in [0.25, 0.3) is 16.5 Å². The zero-order valence-corrected chi connectivity index (χ0v) is 21.7. The summed E-state index contributed by atoms with van der Waals surface area (Å²) < 4.78 is 80.0. The Labute approximate surface area is 224 Å². The van der Waals surface area contributed by atoms with E-state index in [4.69, 9.17) is 9.47 Å². The smallest absolute Gasteiger partial charge is 0.451 e. The molecule has 0 fully saturated rings. The van der Waals surface area contributed by atoms with Crippen molar-refractivity contribution < 1.29 is 38.2 Å². The highest BCUT2D eigenvalue weighted by Gasteiger charge is 2.18. The number of hydrogen-bond acceptors (Lipinski definition) is 7. The lowest BCUT2D eigenvalue weighted by molar-refractivity contribution is 0.00386. The number of benzene rings is 5. The van der Waals surface area contributed by atoms with Crippen LogP contribution in [-0.2, 0) is 20.7 Å². The largest absolute Gasteiger partial charge is 0.488 e. The molecule has 2 unspecified atom stereocenters. The van der Waals surface area contributed by atoms with E-state index in [1.54, 1.807) is 0 Å². The normalized spacial score (nSPS) is 13.9. The van der Waals surface area contributed by atoms with Crippen molar-refractivity contribution in [2.24, 2.45) is 0 Å². The van der Waals surface area contributed by atoms with Gasteiger partial charge in [0.2, 0.25) is 0 Å². The van der Waals surface area contributed by atoms with Crippen LogP contribution in [0.4, 0.5) is 7.77 Å². The first-order chi connectivity index (χ1) is 18.5. The molecular weight excluding hydrogens is 550 g/mol. The second kappa shape index (κ2) is 10.4. The van der Waals surface area contributed by atoms with E-state index in [0.29, 0.717) is 11.3 Å². The van der Waals surface area contributed by atoms with Crippen LogP contribution in [0.3, 0.4) is 0 Å². The molecule has 5 aromatic rings. The fourth-order valence-corrected chi connectivity index (χ4v) is 4.72. The summed E-state index contributed by atoms with van der Waals surface area (Å²) in [6.45, 7) is 0.